The van der Waals surface area contributed by atoms with E-state index in [1.165, 1.54) is 5.56 Å². The fraction of sp³-hybridized carbons (Fsp3) is 0.391. The van der Waals surface area contributed by atoms with Crippen molar-refractivity contribution in [3.8, 4) is 5.75 Å². The molecule has 0 unspecified atom stereocenters. The van der Waals surface area contributed by atoms with Crippen molar-refractivity contribution in [1.29, 1.82) is 0 Å². The Balaban J connectivity index is 1.29. The van der Waals surface area contributed by atoms with E-state index >= 15 is 0 Å². The first-order valence-electron chi connectivity index (χ1n) is 10.3. The summed E-state index contributed by atoms with van der Waals surface area (Å²) < 4.78 is 13.4. The molecule has 3 aromatic rings. The van der Waals surface area contributed by atoms with Crippen LogP contribution in [0.4, 0.5) is 0 Å². The zero-order valence-electron chi connectivity index (χ0n) is 17.8. The molecule has 4 rings (SSSR count). The molecule has 0 atom stereocenters. The smallest absolute Gasteiger partial charge is 0.289 e. The lowest BCUT2D eigenvalue weighted by atomic mass is 10.2. The Hall–Kier alpha value is -3.06. The van der Waals surface area contributed by atoms with Crippen molar-refractivity contribution >= 4 is 5.91 Å². The van der Waals surface area contributed by atoms with E-state index in [1.807, 2.05) is 60.8 Å². The number of aromatic nitrogens is 2. The zero-order chi connectivity index (χ0) is 21.1. The molecule has 2 aromatic heterocycles. The third-order valence-corrected chi connectivity index (χ3v) is 5.50. The third kappa shape index (κ3) is 4.57. The van der Waals surface area contributed by atoms with Gasteiger partial charge in [-0.15, -0.1) is 0 Å². The SMILES string of the molecule is Cc1ccccc1OCc1ccc(C(=O)N2CCN(Cc3cn(C)nc3C)CC2)o1. The predicted molar refractivity (Wildman–Crippen MR) is 113 cm³/mol. The molecule has 1 aromatic carbocycles. The van der Waals surface area contributed by atoms with Gasteiger partial charge in [-0.1, -0.05) is 18.2 Å². The predicted octanol–water partition coefficient (Wildman–Crippen LogP) is 3.17. The fourth-order valence-corrected chi connectivity index (χ4v) is 3.75. The number of aryl methyl sites for hydroxylation is 3. The molecule has 1 aliphatic heterocycles. The standard InChI is InChI=1S/C23H28N4O3/c1-17-6-4-5-7-21(17)29-16-20-8-9-22(30-20)23(28)27-12-10-26(11-13-27)15-19-14-25(3)24-18(19)2/h4-9,14H,10-13,15-16H2,1-3H3. The van der Waals surface area contributed by atoms with E-state index in [1.54, 1.807) is 6.07 Å². The number of amides is 1. The molecule has 0 aliphatic carbocycles. The Kier molecular flexibility index (Phi) is 5.90. The van der Waals surface area contributed by atoms with Gasteiger partial charge in [0, 0.05) is 51.5 Å². The molecule has 0 spiro atoms. The van der Waals surface area contributed by atoms with Gasteiger partial charge in [0.1, 0.15) is 18.1 Å². The van der Waals surface area contributed by atoms with E-state index in [4.69, 9.17) is 9.15 Å². The Bertz CT molecular complexity index is 1020. The number of hydrogen-bond donors (Lipinski definition) is 0. The van der Waals surface area contributed by atoms with E-state index in [0.717, 1.165) is 36.6 Å². The van der Waals surface area contributed by atoms with Gasteiger partial charge >= 0.3 is 0 Å². The number of rotatable bonds is 6. The number of nitrogens with zero attached hydrogens (tertiary/aromatic N) is 4. The largest absolute Gasteiger partial charge is 0.485 e. The molecular formula is C23H28N4O3. The van der Waals surface area contributed by atoms with Crippen molar-refractivity contribution in [2.75, 3.05) is 26.2 Å². The Morgan fingerprint density at radius 1 is 1.10 bits per heavy atom. The van der Waals surface area contributed by atoms with E-state index < -0.39 is 0 Å². The van der Waals surface area contributed by atoms with Crippen molar-refractivity contribution in [3.63, 3.8) is 0 Å². The lowest BCUT2D eigenvalue weighted by molar-refractivity contribution is 0.0594. The second-order valence-corrected chi connectivity index (χ2v) is 7.80. The molecule has 158 valence electrons. The number of para-hydroxylation sites is 1. The van der Waals surface area contributed by atoms with Crippen LogP contribution in [-0.4, -0.2) is 51.7 Å². The van der Waals surface area contributed by atoms with Crippen LogP contribution < -0.4 is 4.74 Å². The van der Waals surface area contributed by atoms with Gasteiger partial charge in [0.05, 0.1) is 5.69 Å². The van der Waals surface area contributed by atoms with Gasteiger partial charge in [0.25, 0.3) is 5.91 Å². The summed E-state index contributed by atoms with van der Waals surface area (Å²) >= 11 is 0. The lowest BCUT2D eigenvalue weighted by Gasteiger charge is -2.34. The minimum absolute atomic E-state index is 0.0608. The highest BCUT2D eigenvalue weighted by atomic mass is 16.5. The summed E-state index contributed by atoms with van der Waals surface area (Å²) in [5.41, 5.74) is 3.37. The zero-order valence-corrected chi connectivity index (χ0v) is 17.8. The molecule has 1 aliphatic rings. The number of hydrogen-bond acceptors (Lipinski definition) is 5. The topological polar surface area (TPSA) is 63.7 Å². The Morgan fingerprint density at radius 2 is 1.87 bits per heavy atom. The first-order chi connectivity index (χ1) is 14.5. The van der Waals surface area contributed by atoms with Gasteiger partial charge in [-0.05, 0) is 37.6 Å². The van der Waals surface area contributed by atoms with Crippen molar-refractivity contribution in [1.82, 2.24) is 19.6 Å². The third-order valence-electron chi connectivity index (χ3n) is 5.50. The van der Waals surface area contributed by atoms with Crippen molar-refractivity contribution < 1.29 is 13.9 Å². The van der Waals surface area contributed by atoms with Crippen LogP contribution in [0.3, 0.4) is 0 Å². The van der Waals surface area contributed by atoms with Gasteiger partial charge in [-0.2, -0.15) is 5.10 Å². The maximum absolute atomic E-state index is 12.8. The quantitative estimate of drug-likeness (QED) is 0.627. The summed E-state index contributed by atoms with van der Waals surface area (Å²) in [5, 5.41) is 4.40. The summed E-state index contributed by atoms with van der Waals surface area (Å²) in [5.74, 6) is 1.78. The number of piperazine rings is 1. The first-order valence-corrected chi connectivity index (χ1v) is 10.3. The Labute approximate surface area is 176 Å². The molecule has 0 radical (unpaired) electrons. The minimum Gasteiger partial charge on any atom is -0.485 e. The molecule has 1 amide bonds. The number of benzene rings is 1. The van der Waals surface area contributed by atoms with Crippen molar-refractivity contribution in [2.24, 2.45) is 7.05 Å². The highest BCUT2D eigenvalue weighted by Gasteiger charge is 2.25. The van der Waals surface area contributed by atoms with Gasteiger partial charge in [0.15, 0.2) is 5.76 Å². The normalized spacial score (nSPS) is 14.8. The van der Waals surface area contributed by atoms with Gasteiger partial charge in [0.2, 0.25) is 0 Å². The first kappa shape index (κ1) is 20.2. The molecular weight excluding hydrogens is 380 g/mol. The number of carbonyl (C=O) groups is 1. The molecule has 30 heavy (non-hydrogen) atoms. The number of carbonyl (C=O) groups excluding carboxylic acids is 1. The Morgan fingerprint density at radius 3 is 2.57 bits per heavy atom. The second-order valence-electron chi connectivity index (χ2n) is 7.80. The number of furan rings is 1. The summed E-state index contributed by atoms with van der Waals surface area (Å²) in [4.78, 5) is 17.0. The molecule has 7 heteroatoms. The van der Waals surface area contributed by atoms with Gasteiger partial charge in [-0.25, -0.2) is 0 Å². The summed E-state index contributed by atoms with van der Waals surface area (Å²) in [6, 6.07) is 11.4. The van der Waals surface area contributed by atoms with Crippen molar-refractivity contribution in [3.05, 3.63) is 70.9 Å². The van der Waals surface area contributed by atoms with E-state index in [2.05, 4.69) is 16.2 Å². The lowest BCUT2D eigenvalue weighted by Crippen LogP contribution is -2.48. The van der Waals surface area contributed by atoms with E-state index in [-0.39, 0.29) is 5.91 Å². The maximum Gasteiger partial charge on any atom is 0.289 e. The van der Waals surface area contributed by atoms with E-state index in [0.29, 0.717) is 31.2 Å². The highest BCUT2D eigenvalue weighted by molar-refractivity contribution is 5.91. The highest BCUT2D eigenvalue weighted by Crippen LogP contribution is 2.20. The van der Waals surface area contributed by atoms with Crippen LogP contribution in [0.5, 0.6) is 5.75 Å². The van der Waals surface area contributed by atoms with Crippen LogP contribution in [0.25, 0.3) is 0 Å². The van der Waals surface area contributed by atoms with E-state index in [9.17, 15) is 4.79 Å². The maximum atomic E-state index is 12.8. The van der Waals surface area contributed by atoms with Gasteiger partial charge < -0.3 is 14.1 Å². The average molecular weight is 409 g/mol. The van der Waals surface area contributed by atoms with Crippen LogP contribution in [0.2, 0.25) is 0 Å². The summed E-state index contributed by atoms with van der Waals surface area (Å²) in [6.07, 6.45) is 2.07. The average Bonchev–Trinajstić information content (AvgIpc) is 3.33. The van der Waals surface area contributed by atoms with Crippen LogP contribution in [0, 0.1) is 13.8 Å². The summed E-state index contributed by atoms with van der Waals surface area (Å²) in [6.45, 7) is 8.25. The summed E-state index contributed by atoms with van der Waals surface area (Å²) in [7, 11) is 1.94. The molecule has 1 saturated heterocycles. The molecule has 0 bridgehead atoms. The fourth-order valence-electron chi connectivity index (χ4n) is 3.75. The van der Waals surface area contributed by atoms with Crippen LogP contribution in [0.15, 0.2) is 47.0 Å². The monoisotopic (exact) mass is 408 g/mol. The van der Waals surface area contributed by atoms with Crippen molar-refractivity contribution in [2.45, 2.75) is 27.0 Å². The number of ether oxygens (including phenoxy) is 1. The second kappa shape index (κ2) is 8.75. The molecule has 0 N–H and O–H groups in total. The van der Waals surface area contributed by atoms with Crippen LogP contribution in [-0.2, 0) is 20.2 Å². The molecule has 1 fully saturated rings. The van der Waals surface area contributed by atoms with Gasteiger partial charge in [-0.3, -0.25) is 14.4 Å². The van der Waals surface area contributed by atoms with Crippen LogP contribution in [0.1, 0.15) is 33.1 Å². The molecule has 0 saturated carbocycles. The van der Waals surface area contributed by atoms with Crippen LogP contribution >= 0.6 is 0 Å². The minimum atomic E-state index is -0.0608. The molecule has 7 nitrogen and oxygen atoms in total. The molecule has 3 heterocycles.